The number of methoxy groups -OCH3 is 1. The van der Waals surface area contributed by atoms with Gasteiger partial charge in [0.2, 0.25) is 0 Å². The Balaban J connectivity index is 1.87. The fourth-order valence-electron chi connectivity index (χ4n) is 2.56. The molecule has 0 aliphatic carbocycles. The van der Waals surface area contributed by atoms with E-state index in [4.69, 9.17) is 9.47 Å². The zero-order chi connectivity index (χ0) is 13.8. The molecule has 1 aliphatic rings. The van der Waals surface area contributed by atoms with Crippen LogP contribution in [-0.4, -0.2) is 20.2 Å². The summed E-state index contributed by atoms with van der Waals surface area (Å²) in [6.07, 6.45) is 2.49. The lowest BCUT2D eigenvalue weighted by atomic mass is 10.2. The van der Waals surface area contributed by atoms with Gasteiger partial charge < -0.3 is 14.4 Å². The van der Waals surface area contributed by atoms with Crippen LogP contribution in [0.25, 0.3) is 0 Å². The Hall–Kier alpha value is -2.16. The zero-order valence-corrected chi connectivity index (χ0v) is 11.7. The molecule has 0 atom stereocenters. The van der Waals surface area contributed by atoms with Crippen molar-refractivity contribution in [3.05, 3.63) is 48.5 Å². The summed E-state index contributed by atoms with van der Waals surface area (Å²) in [7, 11) is 1.71. The maximum Gasteiger partial charge on any atom is 0.142 e. The monoisotopic (exact) mass is 269 g/mol. The smallest absolute Gasteiger partial charge is 0.142 e. The average molecular weight is 269 g/mol. The maximum absolute atomic E-state index is 5.90. The van der Waals surface area contributed by atoms with Gasteiger partial charge in [0.15, 0.2) is 0 Å². The van der Waals surface area contributed by atoms with Crippen molar-refractivity contribution in [2.24, 2.45) is 0 Å². The largest absolute Gasteiger partial charge is 0.495 e. The van der Waals surface area contributed by atoms with Crippen LogP contribution < -0.4 is 14.4 Å². The van der Waals surface area contributed by atoms with Crippen LogP contribution in [0, 0.1) is 0 Å². The van der Waals surface area contributed by atoms with Gasteiger partial charge in [-0.3, -0.25) is 0 Å². The standard InChI is InChI=1S/C17H19NO2/c1-19-17-10-9-15(20-14-7-3-2-4-8-14)13-16(17)18-11-5-6-12-18/h2-4,7-10,13H,5-6,11-12H2,1H3. The third-order valence-corrected chi connectivity index (χ3v) is 3.58. The van der Waals surface area contributed by atoms with E-state index < -0.39 is 0 Å². The average Bonchev–Trinajstić information content (AvgIpc) is 3.02. The highest BCUT2D eigenvalue weighted by atomic mass is 16.5. The van der Waals surface area contributed by atoms with Gasteiger partial charge in [-0.1, -0.05) is 18.2 Å². The molecule has 3 nitrogen and oxygen atoms in total. The number of hydrogen-bond donors (Lipinski definition) is 0. The molecule has 1 aliphatic heterocycles. The number of anilines is 1. The summed E-state index contributed by atoms with van der Waals surface area (Å²) in [5.41, 5.74) is 1.12. The van der Waals surface area contributed by atoms with Gasteiger partial charge in [-0.15, -0.1) is 0 Å². The summed E-state index contributed by atoms with van der Waals surface area (Å²) < 4.78 is 11.4. The van der Waals surface area contributed by atoms with Crippen LogP contribution in [0.3, 0.4) is 0 Å². The second kappa shape index (κ2) is 5.87. The van der Waals surface area contributed by atoms with Crippen molar-refractivity contribution in [1.29, 1.82) is 0 Å². The van der Waals surface area contributed by atoms with Gasteiger partial charge >= 0.3 is 0 Å². The molecule has 0 unspecified atom stereocenters. The molecular formula is C17H19NO2. The summed E-state index contributed by atoms with van der Waals surface area (Å²) in [5.74, 6) is 2.61. The van der Waals surface area contributed by atoms with E-state index in [2.05, 4.69) is 11.0 Å². The molecule has 0 spiro atoms. The van der Waals surface area contributed by atoms with E-state index in [0.29, 0.717) is 0 Å². The summed E-state index contributed by atoms with van der Waals surface area (Å²) in [6.45, 7) is 2.18. The third-order valence-electron chi connectivity index (χ3n) is 3.58. The molecule has 20 heavy (non-hydrogen) atoms. The molecule has 3 rings (SSSR count). The number of benzene rings is 2. The van der Waals surface area contributed by atoms with Crippen molar-refractivity contribution < 1.29 is 9.47 Å². The highest BCUT2D eigenvalue weighted by Gasteiger charge is 2.17. The predicted molar refractivity (Wildman–Crippen MR) is 81.0 cm³/mol. The minimum atomic E-state index is 0.846. The molecule has 0 bridgehead atoms. The summed E-state index contributed by atoms with van der Waals surface area (Å²) in [6, 6.07) is 15.8. The summed E-state index contributed by atoms with van der Waals surface area (Å²) in [5, 5.41) is 0. The van der Waals surface area contributed by atoms with E-state index in [-0.39, 0.29) is 0 Å². The lowest BCUT2D eigenvalue weighted by Gasteiger charge is -2.21. The first-order chi connectivity index (χ1) is 9.86. The second-order valence-electron chi connectivity index (χ2n) is 4.94. The van der Waals surface area contributed by atoms with E-state index in [0.717, 1.165) is 36.0 Å². The number of rotatable bonds is 4. The van der Waals surface area contributed by atoms with E-state index >= 15 is 0 Å². The Morgan fingerprint density at radius 1 is 0.900 bits per heavy atom. The SMILES string of the molecule is COc1ccc(Oc2ccccc2)cc1N1CCCC1. The molecular weight excluding hydrogens is 250 g/mol. The van der Waals surface area contributed by atoms with Gasteiger partial charge in [0, 0.05) is 19.2 Å². The summed E-state index contributed by atoms with van der Waals surface area (Å²) in [4.78, 5) is 2.36. The van der Waals surface area contributed by atoms with Crippen molar-refractivity contribution in [1.82, 2.24) is 0 Å². The van der Waals surface area contributed by atoms with Crippen LogP contribution in [-0.2, 0) is 0 Å². The molecule has 0 radical (unpaired) electrons. The first-order valence-corrected chi connectivity index (χ1v) is 7.03. The Morgan fingerprint density at radius 2 is 1.65 bits per heavy atom. The Kier molecular flexibility index (Phi) is 3.77. The maximum atomic E-state index is 5.90. The van der Waals surface area contributed by atoms with Gasteiger partial charge in [-0.2, -0.15) is 0 Å². The molecule has 2 aromatic rings. The minimum Gasteiger partial charge on any atom is -0.495 e. The van der Waals surface area contributed by atoms with E-state index in [9.17, 15) is 0 Å². The summed E-state index contributed by atoms with van der Waals surface area (Å²) >= 11 is 0. The molecule has 0 aromatic heterocycles. The number of para-hydroxylation sites is 1. The van der Waals surface area contributed by atoms with Crippen molar-refractivity contribution in [3.8, 4) is 17.2 Å². The molecule has 0 N–H and O–H groups in total. The molecule has 3 heteroatoms. The van der Waals surface area contributed by atoms with Crippen LogP contribution in [0.5, 0.6) is 17.2 Å². The molecule has 0 saturated carbocycles. The lowest BCUT2D eigenvalue weighted by molar-refractivity contribution is 0.413. The first-order valence-electron chi connectivity index (χ1n) is 7.03. The number of hydrogen-bond acceptors (Lipinski definition) is 3. The Labute approximate surface area is 119 Å². The molecule has 1 saturated heterocycles. The minimum absolute atomic E-state index is 0.846. The van der Waals surface area contributed by atoms with Crippen LogP contribution in [0.4, 0.5) is 5.69 Å². The van der Waals surface area contributed by atoms with Crippen molar-refractivity contribution in [3.63, 3.8) is 0 Å². The van der Waals surface area contributed by atoms with Gasteiger partial charge in [-0.25, -0.2) is 0 Å². The zero-order valence-electron chi connectivity index (χ0n) is 11.7. The third kappa shape index (κ3) is 2.72. The van der Waals surface area contributed by atoms with Crippen molar-refractivity contribution in [2.75, 3.05) is 25.1 Å². The Bertz CT molecular complexity index is 562. The fraction of sp³-hybridized carbons (Fsp3) is 0.294. The molecule has 2 aromatic carbocycles. The van der Waals surface area contributed by atoms with Crippen LogP contribution in [0.15, 0.2) is 48.5 Å². The number of ether oxygens (including phenoxy) is 2. The second-order valence-corrected chi connectivity index (χ2v) is 4.94. The first kappa shape index (κ1) is 12.9. The van der Waals surface area contributed by atoms with E-state index in [1.807, 2.05) is 42.5 Å². The van der Waals surface area contributed by atoms with Gasteiger partial charge in [0.1, 0.15) is 17.2 Å². The topological polar surface area (TPSA) is 21.7 Å². The van der Waals surface area contributed by atoms with E-state index in [1.54, 1.807) is 7.11 Å². The molecule has 1 fully saturated rings. The quantitative estimate of drug-likeness (QED) is 0.834. The molecule has 0 amide bonds. The molecule has 1 heterocycles. The van der Waals surface area contributed by atoms with Crippen molar-refractivity contribution in [2.45, 2.75) is 12.8 Å². The van der Waals surface area contributed by atoms with Gasteiger partial charge in [0.25, 0.3) is 0 Å². The predicted octanol–water partition coefficient (Wildman–Crippen LogP) is 4.09. The van der Waals surface area contributed by atoms with Crippen LogP contribution >= 0.6 is 0 Å². The highest BCUT2D eigenvalue weighted by molar-refractivity contribution is 5.62. The van der Waals surface area contributed by atoms with Gasteiger partial charge in [-0.05, 0) is 37.1 Å². The van der Waals surface area contributed by atoms with Crippen molar-refractivity contribution >= 4 is 5.69 Å². The highest BCUT2D eigenvalue weighted by Crippen LogP contribution is 2.35. The van der Waals surface area contributed by atoms with Gasteiger partial charge in [0.05, 0.1) is 12.8 Å². The lowest BCUT2D eigenvalue weighted by Crippen LogP contribution is -2.18. The Morgan fingerprint density at radius 3 is 2.35 bits per heavy atom. The van der Waals surface area contributed by atoms with Crippen LogP contribution in [0.1, 0.15) is 12.8 Å². The van der Waals surface area contributed by atoms with Crippen LogP contribution in [0.2, 0.25) is 0 Å². The number of nitrogens with zero attached hydrogens (tertiary/aromatic N) is 1. The molecule has 104 valence electrons. The normalized spacial score (nSPS) is 14.3. The fourth-order valence-corrected chi connectivity index (χ4v) is 2.56. The van der Waals surface area contributed by atoms with E-state index in [1.165, 1.54) is 12.8 Å².